The van der Waals surface area contributed by atoms with Gasteiger partial charge in [-0.2, -0.15) is 0 Å². The molecule has 0 aromatic heterocycles. The summed E-state index contributed by atoms with van der Waals surface area (Å²) in [5, 5.41) is 21.6. The predicted molar refractivity (Wildman–Crippen MR) is 76.3 cm³/mol. The number of aliphatic carboxylic acids is 1. The molecule has 0 unspecified atom stereocenters. The van der Waals surface area contributed by atoms with Crippen LogP contribution >= 0.6 is 0 Å². The van der Waals surface area contributed by atoms with E-state index >= 15 is 0 Å². The number of benzene rings is 1. The van der Waals surface area contributed by atoms with Crippen LogP contribution in [0.15, 0.2) is 23.1 Å². The molecule has 11 heteroatoms. The van der Waals surface area contributed by atoms with Gasteiger partial charge >= 0.3 is 0 Å². The average molecular weight is 344 g/mol. The van der Waals surface area contributed by atoms with Crippen LogP contribution in [0.1, 0.15) is 0 Å². The fourth-order valence-electron chi connectivity index (χ4n) is 2.13. The predicted octanol–water partition coefficient (Wildman–Crippen LogP) is -1.54. The van der Waals surface area contributed by atoms with E-state index < -0.39 is 27.5 Å². The number of nitrogens with one attached hydrogen (secondary N) is 1. The average Bonchev–Trinajstić information content (AvgIpc) is 2.53. The van der Waals surface area contributed by atoms with Gasteiger partial charge in [-0.3, -0.25) is 10.1 Å². The van der Waals surface area contributed by atoms with Crippen molar-refractivity contribution in [3.63, 3.8) is 0 Å². The van der Waals surface area contributed by atoms with Crippen LogP contribution < -0.4 is 14.7 Å². The van der Waals surface area contributed by atoms with Crippen LogP contribution in [0.3, 0.4) is 0 Å². The SMILES string of the molecule is O=C([O-])CNS(=O)(=O)c1ccc(N2CCOCC2)c([N+](=O)[O-])c1. The van der Waals surface area contributed by atoms with Crippen molar-refractivity contribution < 1.29 is 28.0 Å². The Morgan fingerprint density at radius 2 is 2.00 bits per heavy atom. The van der Waals surface area contributed by atoms with Crippen LogP contribution in [0.25, 0.3) is 0 Å². The lowest BCUT2D eigenvalue weighted by molar-refractivity contribution is -0.384. The molecule has 0 amide bonds. The topological polar surface area (TPSA) is 142 Å². The third-order valence-electron chi connectivity index (χ3n) is 3.21. The standard InChI is InChI=1S/C12H15N3O7S/c16-12(17)8-13-23(20,21)9-1-2-10(11(7-9)15(18)19)14-3-5-22-6-4-14/h1-2,7,13H,3-6,8H2,(H,16,17)/p-1. The maximum Gasteiger partial charge on any atom is 0.293 e. The first-order valence-electron chi connectivity index (χ1n) is 6.62. The number of nitro benzene ring substituents is 1. The minimum Gasteiger partial charge on any atom is -0.549 e. The van der Waals surface area contributed by atoms with E-state index in [1.807, 2.05) is 0 Å². The van der Waals surface area contributed by atoms with Gasteiger partial charge in [-0.05, 0) is 12.1 Å². The molecule has 1 N–H and O–H groups in total. The van der Waals surface area contributed by atoms with E-state index in [9.17, 15) is 28.4 Å². The van der Waals surface area contributed by atoms with Gasteiger partial charge in [-0.25, -0.2) is 13.1 Å². The summed E-state index contributed by atoms with van der Waals surface area (Å²) in [5.74, 6) is -1.60. The van der Waals surface area contributed by atoms with Crippen molar-refractivity contribution in [1.82, 2.24) is 4.72 Å². The van der Waals surface area contributed by atoms with Crippen molar-refractivity contribution in [2.75, 3.05) is 37.7 Å². The lowest BCUT2D eigenvalue weighted by atomic mass is 10.2. The van der Waals surface area contributed by atoms with Crippen LogP contribution in [0.4, 0.5) is 11.4 Å². The first-order chi connectivity index (χ1) is 10.8. The third kappa shape index (κ3) is 4.15. The highest BCUT2D eigenvalue weighted by molar-refractivity contribution is 7.89. The zero-order valence-corrected chi connectivity index (χ0v) is 12.7. The fourth-order valence-corrected chi connectivity index (χ4v) is 3.11. The Hall–Kier alpha value is -2.24. The van der Waals surface area contributed by atoms with Crippen molar-refractivity contribution in [3.05, 3.63) is 28.3 Å². The number of hydrogen-bond donors (Lipinski definition) is 1. The number of rotatable bonds is 6. The highest BCUT2D eigenvalue weighted by Crippen LogP contribution is 2.31. The number of carbonyl (C=O) groups is 1. The van der Waals surface area contributed by atoms with Crippen LogP contribution in [0.2, 0.25) is 0 Å². The van der Waals surface area contributed by atoms with E-state index in [1.54, 1.807) is 9.62 Å². The Bertz CT molecular complexity index is 713. The van der Waals surface area contributed by atoms with Gasteiger partial charge in [0, 0.05) is 19.2 Å². The molecule has 1 aliphatic heterocycles. The number of hydrogen-bond acceptors (Lipinski definition) is 8. The van der Waals surface area contributed by atoms with Gasteiger partial charge in [0.05, 0.1) is 35.5 Å². The van der Waals surface area contributed by atoms with E-state index in [0.717, 1.165) is 6.07 Å². The van der Waals surface area contributed by atoms with Crippen LogP contribution in [0.5, 0.6) is 0 Å². The number of carboxylic acid groups (broad SMARTS) is 1. The van der Waals surface area contributed by atoms with Gasteiger partial charge in [-0.1, -0.05) is 0 Å². The molecule has 1 fully saturated rings. The van der Waals surface area contributed by atoms with Crippen molar-refractivity contribution in [2.45, 2.75) is 4.90 Å². The zero-order valence-electron chi connectivity index (χ0n) is 11.9. The lowest BCUT2D eigenvalue weighted by Crippen LogP contribution is -2.38. The second kappa shape index (κ2) is 6.89. The molecule has 0 bridgehead atoms. The maximum atomic E-state index is 11.9. The molecular weight excluding hydrogens is 330 g/mol. The first kappa shape index (κ1) is 17.1. The molecule has 10 nitrogen and oxygen atoms in total. The second-order valence-corrected chi connectivity index (χ2v) is 6.47. The summed E-state index contributed by atoms with van der Waals surface area (Å²) >= 11 is 0. The number of morpholine rings is 1. The van der Waals surface area contributed by atoms with Gasteiger partial charge < -0.3 is 19.5 Å². The molecule has 1 aromatic rings. The number of sulfonamides is 1. The Labute approximate surface area is 131 Å². The molecule has 0 aliphatic carbocycles. The van der Waals surface area contributed by atoms with Crippen LogP contribution in [-0.2, 0) is 19.6 Å². The van der Waals surface area contributed by atoms with E-state index in [4.69, 9.17) is 4.74 Å². The largest absolute Gasteiger partial charge is 0.549 e. The summed E-state index contributed by atoms with van der Waals surface area (Å²) in [6.45, 7) is 0.835. The Balaban J connectivity index is 2.35. The van der Waals surface area contributed by atoms with Gasteiger partial charge in [0.1, 0.15) is 5.69 Å². The number of ether oxygens (including phenoxy) is 1. The smallest absolute Gasteiger partial charge is 0.293 e. The molecule has 2 rings (SSSR count). The summed E-state index contributed by atoms with van der Waals surface area (Å²) in [6.07, 6.45) is 0. The molecule has 1 saturated heterocycles. The minimum atomic E-state index is -4.18. The van der Waals surface area contributed by atoms with Crippen molar-refractivity contribution in [3.8, 4) is 0 Å². The second-order valence-electron chi connectivity index (χ2n) is 4.70. The summed E-state index contributed by atoms with van der Waals surface area (Å²) in [5.41, 5.74) is -0.0830. The molecule has 0 spiro atoms. The minimum absolute atomic E-state index is 0.289. The summed E-state index contributed by atoms with van der Waals surface area (Å²) in [7, 11) is -4.18. The third-order valence-corrected chi connectivity index (χ3v) is 4.61. The highest BCUT2D eigenvalue weighted by Gasteiger charge is 2.25. The number of carbonyl (C=O) groups excluding carboxylic acids is 1. The Morgan fingerprint density at radius 3 is 2.57 bits per heavy atom. The van der Waals surface area contributed by atoms with E-state index in [0.29, 0.717) is 26.3 Å². The quantitative estimate of drug-likeness (QED) is 0.483. The molecule has 1 heterocycles. The van der Waals surface area contributed by atoms with Crippen LogP contribution in [-0.4, -0.2) is 52.2 Å². The monoisotopic (exact) mass is 344 g/mol. The number of anilines is 1. The van der Waals surface area contributed by atoms with Gasteiger partial charge in [0.15, 0.2) is 0 Å². The first-order valence-corrected chi connectivity index (χ1v) is 8.10. The van der Waals surface area contributed by atoms with Crippen molar-refractivity contribution in [2.24, 2.45) is 0 Å². The molecule has 1 aromatic carbocycles. The van der Waals surface area contributed by atoms with E-state index in [-0.39, 0.29) is 16.3 Å². The molecular formula is C12H14N3O7S-. The van der Waals surface area contributed by atoms with Gasteiger partial charge in [0.25, 0.3) is 5.69 Å². The Kier molecular flexibility index (Phi) is 5.13. The number of carboxylic acids is 1. The van der Waals surface area contributed by atoms with Crippen molar-refractivity contribution >= 4 is 27.4 Å². The molecule has 23 heavy (non-hydrogen) atoms. The fraction of sp³-hybridized carbons (Fsp3) is 0.417. The zero-order chi connectivity index (χ0) is 17.0. The molecule has 0 saturated carbocycles. The number of nitrogens with zero attached hydrogens (tertiary/aromatic N) is 2. The van der Waals surface area contributed by atoms with Gasteiger partial charge in [0.2, 0.25) is 10.0 Å². The summed E-state index contributed by atoms with van der Waals surface area (Å²) in [6, 6.07) is 3.43. The van der Waals surface area contributed by atoms with Gasteiger partial charge in [-0.15, -0.1) is 0 Å². The summed E-state index contributed by atoms with van der Waals surface area (Å²) in [4.78, 5) is 22.3. The lowest BCUT2D eigenvalue weighted by Gasteiger charge is -2.28. The van der Waals surface area contributed by atoms with Crippen LogP contribution in [0, 0.1) is 10.1 Å². The van der Waals surface area contributed by atoms with Crippen molar-refractivity contribution in [1.29, 1.82) is 0 Å². The maximum absolute atomic E-state index is 11.9. The van der Waals surface area contributed by atoms with E-state index in [1.165, 1.54) is 12.1 Å². The normalized spacial score (nSPS) is 15.4. The summed E-state index contributed by atoms with van der Waals surface area (Å²) < 4.78 is 30.9. The molecule has 126 valence electrons. The molecule has 0 radical (unpaired) electrons. The number of nitro groups is 1. The Morgan fingerprint density at radius 1 is 1.35 bits per heavy atom. The molecule has 1 aliphatic rings. The highest BCUT2D eigenvalue weighted by atomic mass is 32.2. The van der Waals surface area contributed by atoms with E-state index in [2.05, 4.69) is 0 Å². The molecule has 0 atom stereocenters.